The minimum absolute atomic E-state index is 0.0869. The zero-order valence-corrected chi connectivity index (χ0v) is 14.6. The van der Waals surface area contributed by atoms with Crippen LogP contribution in [0.2, 0.25) is 0 Å². The van der Waals surface area contributed by atoms with Crippen molar-refractivity contribution in [3.05, 3.63) is 23.3 Å². The summed E-state index contributed by atoms with van der Waals surface area (Å²) in [4.78, 5) is 0. The maximum atomic E-state index is 12.6. The van der Waals surface area contributed by atoms with Crippen molar-refractivity contribution in [1.29, 1.82) is 0 Å². The van der Waals surface area contributed by atoms with Gasteiger partial charge in [-0.05, 0) is 49.0 Å². The monoisotopic (exact) mass is 377 g/mol. The number of nitrogens with one attached hydrogen (secondary N) is 1. The van der Waals surface area contributed by atoms with Gasteiger partial charge in [0.1, 0.15) is 0 Å². The van der Waals surface area contributed by atoms with E-state index in [0.717, 1.165) is 13.0 Å². The van der Waals surface area contributed by atoms with Crippen LogP contribution in [0.4, 0.5) is 13.2 Å². The van der Waals surface area contributed by atoms with Crippen molar-refractivity contribution in [2.24, 2.45) is 17.8 Å². The Balaban J connectivity index is 1.58. The lowest BCUT2D eigenvalue weighted by molar-refractivity contribution is -0.0561. The molecule has 0 aromatic carbocycles. The normalized spacial score (nSPS) is 38.3. The molecule has 1 N–H and O–H groups in total. The highest BCUT2D eigenvalue weighted by atomic mass is 32.2. The van der Waals surface area contributed by atoms with E-state index < -0.39 is 21.7 Å². The zero-order chi connectivity index (χ0) is 17.8. The molecule has 0 aromatic rings. The number of allylic oxidation sites excluding steroid dienone is 2. The summed E-state index contributed by atoms with van der Waals surface area (Å²) in [6.45, 7) is 0.813. The summed E-state index contributed by atoms with van der Waals surface area (Å²) in [5, 5.41) is 3.61. The third kappa shape index (κ3) is 2.96. The number of hydrogen-bond acceptors (Lipinski definition) is 4. The standard InChI is InChI=1S/C17H22F3NO3S/c18-17(19,20)25(22,23)24-16-8-7-11-13(16)6-5-10-12-3-1-2-4-15(12)21-9-14(10)11/h5-6,11-12,14-16,21H,1-4,7-9H2. The van der Waals surface area contributed by atoms with Crippen molar-refractivity contribution in [3.63, 3.8) is 0 Å². The molecule has 0 amide bonds. The summed E-state index contributed by atoms with van der Waals surface area (Å²) in [5.74, 6) is 0.842. The molecule has 2 saturated carbocycles. The number of piperidine rings is 1. The van der Waals surface area contributed by atoms with Gasteiger partial charge in [0.15, 0.2) is 0 Å². The van der Waals surface area contributed by atoms with Crippen LogP contribution in [0.3, 0.4) is 0 Å². The number of alkyl halides is 3. The Morgan fingerprint density at radius 1 is 0.960 bits per heavy atom. The van der Waals surface area contributed by atoms with Crippen LogP contribution in [0.1, 0.15) is 38.5 Å². The van der Waals surface area contributed by atoms with Crippen LogP contribution in [-0.2, 0) is 14.3 Å². The average Bonchev–Trinajstić information content (AvgIpc) is 2.96. The quantitative estimate of drug-likeness (QED) is 0.593. The third-order valence-corrected chi connectivity index (χ3v) is 7.29. The van der Waals surface area contributed by atoms with Gasteiger partial charge in [-0.25, -0.2) is 0 Å². The maximum Gasteiger partial charge on any atom is 0.523 e. The molecule has 4 rings (SSSR count). The molecule has 5 atom stereocenters. The van der Waals surface area contributed by atoms with Gasteiger partial charge in [-0.15, -0.1) is 0 Å². The first-order valence-corrected chi connectivity index (χ1v) is 10.3. The topological polar surface area (TPSA) is 55.4 Å². The summed E-state index contributed by atoms with van der Waals surface area (Å²) >= 11 is 0. The molecule has 1 saturated heterocycles. The van der Waals surface area contributed by atoms with Gasteiger partial charge in [0.25, 0.3) is 0 Å². The molecule has 5 unspecified atom stereocenters. The van der Waals surface area contributed by atoms with Crippen molar-refractivity contribution in [2.45, 2.75) is 56.2 Å². The van der Waals surface area contributed by atoms with E-state index in [-0.39, 0.29) is 11.8 Å². The largest absolute Gasteiger partial charge is 0.523 e. The van der Waals surface area contributed by atoms with Gasteiger partial charge < -0.3 is 5.32 Å². The van der Waals surface area contributed by atoms with E-state index in [4.69, 9.17) is 0 Å². The average molecular weight is 377 g/mol. The summed E-state index contributed by atoms with van der Waals surface area (Å²) in [6, 6.07) is 0.505. The Morgan fingerprint density at radius 2 is 1.68 bits per heavy atom. The SMILES string of the molecule is O=S(=O)(OC1CCC2C1=CC=C1C3CCCCC3NCC12)C(F)(F)F. The zero-order valence-electron chi connectivity index (χ0n) is 13.8. The van der Waals surface area contributed by atoms with Crippen molar-refractivity contribution in [2.75, 3.05) is 6.54 Å². The fourth-order valence-corrected chi connectivity index (χ4v) is 5.76. The van der Waals surface area contributed by atoms with Crippen molar-refractivity contribution < 1.29 is 25.8 Å². The van der Waals surface area contributed by atoms with Crippen LogP contribution >= 0.6 is 0 Å². The highest BCUT2D eigenvalue weighted by Gasteiger charge is 2.51. The molecule has 0 spiro atoms. The van der Waals surface area contributed by atoms with Crippen LogP contribution < -0.4 is 5.32 Å². The smallest absolute Gasteiger partial charge is 0.313 e. The summed E-state index contributed by atoms with van der Waals surface area (Å²) < 4.78 is 65.1. The molecule has 25 heavy (non-hydrogen) atoms. The Kier molecular flexibility index (Phi) is 4.28. The third-order valence-electron chi connectivity index (χ3n) is 6.24. The molecular weight excluding hydrogens is 355 g/mol. The van der Waals surface area contributed by atoms with E-state index >= 15 is 0 Å². The first kappa shape index (κ1) is 17.5. The second kappa shape index (κ2) is 6.09. The van der Waals surface area contributed by atoms with E-state index in [9.17, 15) is 21.6 Å². The highest BCUT2D eigenvalue weighted by molar-refractivity contribution is 7.87. The second-order valence-electron chi connectivity index (χ2n) is 7.51. The Hall–Kier alpha value is -0.860. The van der Waals surface area contributed by atoms with Crippen molar-refractivity contribution >= 4 is 10.1 Å². The van der Waals surface area contributed by atoms with Gasteiger partial charge in [-0.1, -0.05) is 30.6 Å². The van der Waals surface area contributed by atoms with E-state index in [1.54, 1.807) is 0 Å². The fraction of sp³-hybridized carbons (Fsp3) is 0.765. The summed E-state index contributed by atoms with van der Waals surface area (Å²) in [6.07, 6.45) is 8.63. The van der Waals surface area contributed by atoms with Gasteiger partial charge in [0, 0.05) is 12.6 Å². The van der Waals surface area contributed by atoms with Crippen molar-refractivity contribution in [3.8, 4) is 0 Å². The van der Waals surface area contributed by atoms with Gasteiger partial charge in [0.2, 0.25) is 0 Å². The van der Waals surface area contributed by atoms with Crippen LogP contribution in [-0.4, -0.2) is 32.6 Å². The molecular formula is C17H22F3NO3S. The molecule has 3 aliphatic carbocycles. The predicted octanol–water partition coefficient (Wildman–Crippen LogP) is 3.28. The predicted molar refractivity (Wildman–Crippen MR) is 86.0 cm³/mol. The van der Waals surface area contributed by atoms with Crippen LogP contribution in [0.15, 0.2) is 23.3 Å². The van der Waals surface area contributed by atoms with Crippen LogP contribution in [0.5, 0.6) is 0 Å². The summed E-state index contributed by atoms with van der Waals surface area (Å²) in [5.41, 5.74) is -3.27. The Labute approximate surface area is 145 Å². The maximum absolute atomic E-state index is 12.6. The molecule has 8 heteroatoms. The van der Waals surface area contributed by atoms with E-state index in [1.165, 1.54) is 24.8 Å². The molecule has 4 aliphatic rings. The van der Waals surface area contributed by atoms with Crippen molar-refractivity contribution in [1.82, 2.24) is 5.32 Å². The highest BCUT2D eigenvalue weighted by Crippen LogP contribution is 2.49. The van der Waals surface area contributed by atoms with Crippen LogP contribution in [0.25, 0.3) is 0 Å². The lowest BCUT2D eigenvalue weighted by Gasteiger charge is -2.46. The van der Waals surface area contributed by atoms with E-state index in [1.807, 2.05) is 12.2 Å². The molecule has 0 bridgehead atoms. The number of halogens is 3. The Bertz CT molecular complexity index is 713. The van der Waals surface area contributed by atoms with Gasteiger partial charge >= 0.3 is 15.6 Å². The van der Waals surface area contributed by atoms with Gasteiger partial charge in [-0.2, -0.15) is 21.6 Å². The first-order valence-electron chi connectivity index (χ1n) is 8.92. The molecule has 0 aromatic heterocycles. The van der Waals surface area contributed by atoms with E-state index in [2.05, 4.69) is 9.50 Å². The molecule has 1 aliphatic heterocycles. The van der Waals surface area contributed by atoms with Crippen LogP contribution in [0, 0.1) is 17.8 Å². The summed E-state index contributed by atoms with van der Waals surface area (Å²) in [7, 11) is -5.56. The fourth-order valence-electron chi connectivity index (χ4n) is 5.14. The molecule has 3 fully saturated rings. The minimum atomic E-state index is -5.56. The molecule has 0 radical (unpaired) electrons. The number of rotatable bonds is 2. The lowest BCUT2D eigenvalue weighted by Crippen LogP contribution is -2.50. The molecule has 140 valence electrons. The van der Waals surface area contributed by atoms with Gasteiger partial charge in [-0.3, -0.25) is 4.18 Å². The molecule has 4 nitrogen and oxygen atoms in total. The van der Waals surface area contributed by atoms with Gasteiger partial charge in [0.05, 0.1) is 6.10 Å². The minimum Gasteiger partial charge on any atom is -0.313 e. The lowest BCUT2D eigenvalue weighted by atomic mass is 9.66. The Morgan fingerprint density at radius 3 is 2.44 bits per heavy atom. The number of fused-ring (bicyclic) bond motifs is 5. The van der Waals surface area contributed by atoms with E-state index in [0.29, 0.717) is 30.4 Å². The second-order valence-corrected chi connectivity index (χ2v) is 9.08. The first-order chi connectivity index (χ1) is 11.8. The molecule has 1 heterocycles. The number of hydrogen-bond donors (Lipinski definition) is 1.